The number of rotatable bonds is 3. The normalized spacial score (nSPS) is 12.9. The fourth-order valence-electron chi connectivity index (χ4n) is 1.47. The molecule has 0 saturated carbocycles. The fraction of sp³-hybridized carbons (Fsp3) is 0.538. The minimum absolute atomic E-state index is 0.368. The van der Waals surface area contributed by atoms with Crippen LogP contribution < -0.4 is 5.32 Å². The first-order valence-electron chi connectivity index (χ1n) is 5.96. The molecular weight excluding hydrogens is 268 g/mol. The summed E-state index contributed by atoms with van der Waals surface area (Å²) in [5, 5.41) is 3.05. The Hall–Kier alpha value is -1.49. The first-order valence-corrected chi connectivity index (χ1v) is 6.33. The molecule has 1 N–H and O–H groups in total. The molecule has 0 saturated heterocycles. The SMILES string of the molecule is C[C@H](NC(=O)c1cc(Cl)cn1C)C(=O)OC(C)(C)C. The van der Waals surface area contributed by atoms with Gasteiger partial charge >= 0.3 is 5.97 Å². The second-order valence-electron chi connectivity index (χ2n) is 5.38. The third kappa shape index (κ3) is 4.59. The molecule has 1 aromatic heterocycles. The Morgan fingerprint density at radius 1 is 1.42 bits per heavy atom. The number of amides is 1. The number of hydrogen-bond donors (Lipinski definition) is 1. The number of aromatic nitrogens is 1. The maximum Gasteiger partial charge on any atom is 0.328 e. The van der Waals surface area contributed by atoms with Crippen molar-refractivity contribution in [3.05, 3.63) is 23.0 Å². The summed E-state index contributed by atoms with van der Waals surface area (Å²) in [7, 11) is 1.71. The number of esters is 1. The van der Waals surface area contributed by atoms with Gasteiger partial charge in [-0.3, -0.25) is 4.79 Å². The molecule has 106 valence electrons. The van der Waals surface area contributed by atoms with E-state index in [9.17, 15) is 9.59 Å². The van der Waals surface area contributed by atoms with E-state index in [0.717, 1.165) is 0 Å². The third-order valence-corrected chi connectivity index (χ3v) is 2.52. The number of nitrogens with one attached hydrogen (secondary N) is 1. The molecule has 0 radical (unpaired) electrons. The molecule has 1 heterocycles. The molecule has 0 aromatic carbocycles. The molecule has 0 aliphatic heterocycles. The summed E-state index contributed by atoms with van der Waals surface area (Å²) in [6.45, 7) is 6.90. The maximum absolute atomic E-state index is 12.0. The van der Waals surface area contributed by atoms with Crippen molar-refractivity contribution in [1.82, 2.24) is 9.88 Å². The van der Waals surface area contributed by atoms with E-state index in [4.69, 9.17) is 16.3 Å². The second-order valence-corrected chi connectivity index (χ2v) is 5.82. The lowest BCUT2D eigenvalue weighted by Crippen LogP contribution is -2.42. The Kier molecular flexibility index (Phi) is 4.63. The van der Waals surface area contributed by atoms with Gasteiger partial charge in [0, 0.05) is 13.2 Å². The van der Waals surface area contributed by atoms with Gasteiger partial charge in [0.2, 0.25) is 0 Å². The average molecular weight is 287 g/mol. The highest BCUT2D eigenvalue weighted by atomic mass is 35.5. The molecule has 19 heavy (non-hydrogen) atoms. The van der Waals surface area contributed by atoms with Gasteiger partial charge in [-0.05, 0) is 33.8 Å². The number of hydrogen-bond acceptors (Lipinski definition) is 3. The van der Waals surface area contributed by atoms with Gasteiger partial charge in [0.1, 0.15) is 17.3 Å². The van der Waals surface area contributed by atoms with E-state index in [0.29, 0.717) is 10.7 Å². The van der Waals surface area contributed by atoms with E-state index in [1.165, 1.54) is 0 Å². The van der Waals surface area contributed by atoms with Crippen LogP contribution in [0.2, 0.25) is 5.02 Å². The number of ether oxygens (including phenoxy) is 1. The van der Waals surface area contributed by atoms with Crippen LogP contribution in [-0.2, 0) is 16.6 Å². The predicted octanol–water partition coefficient (Wildman–Crippen LogP) is 2.14. The second kappa shape index (κ2) is 5.65. The van der Waals surface area contributed by atoms with E-state index >= 15 is 0 Å². The van der Waals surface area contributed by atoms with Crippen molar-refractivity contribution >= 4 is 23.5 Å². The Labute approximate surface area is 117 Å². The predicted molar refractivity (Wildman–Crippen MR) is 73.2 cm³/mol. The van der Waals surface area contributed by atoms with Crippen molar-refractivity contribution in [1.29, 1.82) is 0 Å². The molecule has 0 aliphatic rings. The minimum Gasteiger partial charge on any atom is -0.458 e. The Morgan fingerprint density at radius 3 is 2.42 bits per heavy atom. The minimum atomic E-state index is -0.722. The first-order chi connectivity index (χ1) is 8.60. The van der Waals surface area contributed by atoms with Crippen molar-refractivity contribution in [2.45, 2.75) is 39.3 Å². The van der Waals surface area contributed by atoms with Gasteiger partial charge in [-0.1, -0.05) is 11.6 Å². The van der Waals surface area contributed by atoms with E-state index in [2.05, 4.69) is 5.32 Å². The molecule has 0 spiro atoms. The fourth-order valence-corrected chi connectivity index (χ4v) is 1.72. The number of aryl methyl sites for hydroxylation is 1. The lowest BCUT2D eigenvalue weighted by molar-refractivity contribution is -0.156. The molecule has 1 aromatic rings. The zero-order valence-electron chi connectivity index (χ0n) is 11.8. The molecule has 5 nitrogen and oxygen atoms in total. The standard InChI is InChI=1S/C13H19ClN2O3/c1-8(12(18)19-13(2,3)4)15-11(17)10-6-9(14)7-16(10)5/h6-8H,1-5H3,(H,15,17)/t8-/m0/s1. The van der Waals surface area contributed by atoms with E-state index in [1.54, 1.807) is 51.6 Å². The molecule has 6 heteroatoms. The third-order valence-electron chi connectivity index (χ3n) is 2.31. The molecule has 1 rings (SSSR count). The van der Waals surface area contributed by atoms with Crippen LogP contribution in [0.4, 0.5) is 0 Å². The summed E-state index contributed by atoms with van der Waals surface area (Å²) in [6.07, 6.45) is 1.62. The van der Waals surface area contributed by atoms with Crippen molar-refractivity contribution in [3.63, 3.8) is 0 Å². The number of carbonyl (C=O) groups is 2. The summed E-state index contributed by atoms with van der Waals surface area (Å²) < 4.78 is 6.78. The van der Waals surface area contributed by atoms with Crippen LogP contribution in [0.3, 0.4) is 0 Å². The molecule has 0 unspecified atom stereocenters. The van der Waals surface area contributed by atoms with Gasteiger partial charge < -0.3 is 14.6 Å². The highest BCUT2D eigenvalue weighted by molar-refractivity contribution is 6.31. The van der Waals surface area contributed by atoms with Gasteiger partial charge in [0.05, 0.1) is 5.02 Å². The van der Waals surface area contributed by atoms with Gasteiger partial charge in [-0.25, -0.2) is 4.79 Å². The summed E-state index contributed by atoms with van der Waals surface area (Å²) in [4.78, 5) is 23.7. The number of halogens is 1. The number of nitrogens with zero attached hydrogens (tertiary/aromatic N) is 1. The zero-order chi connectivity index (χ0) is 14.8. The van der Waals surface area contributed by atoms with E-state index in [-0.39, 0.29) is 5.91 Å². The van der Waals surface area contributed by atoms with Crippen LogP contribution in [0.5, 0.6) is 0 Å². The van der Waals surface area contributed by atoms with Crippen LogP contribution >= 0.6 is 11.6 Å². The summed E-state index contributed by atoms with van der Waals surface area (Å²) in [6, 6.07) is 0.819. The van der Waals surface area contributed by atoms with Crippen molar-refractivity contribution < 1.29 is 14.3 Å². The first kappa shape index (κ1) is 15.6. The van der Waals surface area contributed by atoms with E-state index < -0.39 is 17.6 Å². The van der Waals surface area contributed by atoms with Crippen LogP contribution in [0.1, 0.15) is 38.2 Å². The maximum atomic E-state index is 12.0. The topological polar surface area (TPSA) is 60.3 Å². The zero-order valence-corrected chi connectivity index (χ0v) is 12.5. The molecular formula is C13H19ClN2O3. The Balaban J connectivity index is 2.67. The highest BCUT2D eigenvalue weighted by Gasteiger charge is 2.24. The monoisotopic (exact) mass is 286 g/mol. The van der Waals surface area contributed by atoms with Gasteiger partial charge in [0.25, 0.3) is 5.91 Å². The van der Waals surface area contributed by atoms with Gasteiger partial charge in [-0.15, -0.1) is 0 Å². The highest BCUT2D eigenvalue weighted by Crippen LogP contribution is 2.13. The molecule has 0 fully saturated rings. The number of carbonyl (C=O) groups excluding carboxylic acids is 2. The van der Waals surface area contributed by atoms with E-state index in [1.807, 2.05) is 0 Å². The summed E-state index contributed by atoms with van der Waals surface area (Å²) in [5.41, 5.74) is -0.190. The van der Waals surface area contributed by atoms with Crippen LogP contribution in [0.25, 0.3) is 0 Å². The van der Waals surface area contributed by atoms with Gasteiger partial charge in [0.15, 0.2) is 0 Å². The van der Waals surface area contributed by atoms with Crippen molar-refractivity contribution in [3.8, 4) is 0 Å². The van der Waals surface area contributed by atoms with Crippen LogP contribution in [-0.4, -0.2) is 28.1 Å². The molecule has 0 bridgehead atoms. The molecule has 1 amide bonds. The Bertz CT molecular complexity index is 489. The smallest absolute Gasteiger partial charge is 0.328 e. The lowest BCUT2D eigenvalue weighted by Gasteiger charge is -2.22. The van der Waals surface area contributed by atoms with Crippen molar-refractivity contribution in [2.75, 3.05) is 0 Å². The van der Waals surface area contributed by atoms with Crippen molar-refractivity contribution in [2.24, 2.45) is 7.05 Å². The quantitative estimate of drug-likeness (QED) is 0.866. The Morgan fingerprint density at radius 2 is 2.00 bits per heavy atom. The lowest BCUT2D eigenvalue weighted by atomic mass is 10.2. The van der Waals surface area contributed by atoms with Gasteiger partial charge in [-0.2, -0.15) is 0 Å². The molecule has 1 atom stereocenters. The summed E-state index contributed by atoms with van der Waals surface area (Å²) in [5.74, 6) is -0.839. The van der Waals surface area contributed by atoms with Crippen LogP contribution in [0, 0.1) is 0 Å². The summed E-state index contributed by atoms with van der Waals surface area (Å²) >= 11 is 5.80. The largest absolute Gasteiger partial charge is 0.458 e. The van der Waals surface area contributed by atoms with Crippen LogP contribution in [0.15, 0.2) is 12.3 Å². The molecule has 0 aliphatic carbocycles. The average Bonchev–Trinajstić information content (AvgIpc) is 2.55.